The Labute approximate surface area is 128 Å². The maximum Gasteiger partial charge on any atom is 0.227 e. The van der Waals surface area contributed by atoms with Crippen LogP contribution in [0.15, 0.2) is 24.3 Å². The first-order chi connectivity index (χ1) is 10.0. The van der Waals surface area contributed by atoms with E-state index in [-0.39, 0.29) is 5.91 Å². The van der Waals surface area contributed by atoms with E-state index in [1.807, 2.05) is 12.1 Å². The summed E-state index contributed by atoms with van der Waals surface area (Å²) in [5, 5.41) is 3.49. The number of nitrogens with one attached hydrogen (secondary N) is 1. The maximum atomic E-state index is 12.6. The third-order valence-electron chi connectivity index (χ3n) is 3.98. The third-order valence-corrected chi connectivity index (χ3v) is 3.98. The molecule has 3 heteroatoms. The first-order valence-corrected chi connectivity index (χ1v) is 8.11. The lowest BCUT2D eigenvalue weighted by molar-refractivity contribution is -0.131. The summed E-state index contributed by atoms with van der Waals surface area (Å²) in [6.07, 6.45) is 2.93. The number of hydrogen-bond donors (Lipinski definition) is 1. The van der Waals surface area contributed by atoms with Crippen molar-refractivity contribution in [2.45, 2.75) is 46.1 Å². The molecule has 1 unspecified atom stereocenters. The highest BCUT2D eigenvalue weighted by Crippen LogP contribution is 2.12. The number of rotatable bonds is 6. The van der Waals surface area contributed by atoms with Crippen molar-refractivity contribution >= 4 is 5.91 Å². The highest BCUT2D eigenvalue weighted by Gasteiger charge is 2.22. The summed E-state index contributed by atoms with van der Waals surface area (Å²) in [5.74, 6) is 0.760. The Morgan fingerprint density at radius 2 is 2.24 bits per heavy atom. The molecule has 0 aliphatic carbocycles. The van der Waals surface area contributed by atoms with Gasteiger partial charge in [0, 0.05) is 19.1 Å². The molecule has 2 rings (SSSR count). The van der Waals surface area contributed by atoms with Gasteiger partial charge in [0.2, 0.25) is 5.91 Å². The number of nitrogens with zero attached hydrogens (tertiary/aromatic N) is 1. The van der Waals surface area contributed by atoms with Crippen LogP contribution in [0, 0.1) is 12.8 Å². The number of aryl methyl sites for hydroxylation is 1. The van der Waals surface area contributed by atoms with Gasteiger partial charge in [-0.2, -0.15) is 0 Å². The second kappa shape index (κ2) is 7.60. The fourth-order valence-electron chi connectivity index (χ4n) is 3.01. The molecule has 0 radical (unpaired) electrons. The fourth-order valence-corrected chi connectivity index (χ4v) is 3.01. The molecule has 1 saturated heterocycles. The largest absolute Gasteiger partial charge is 0.341 e. The molecule has 1 aliphatic rings. The van der Waals surface area contributed by atoms with Gasteiger partial charge in [-0.05, 0) is 37.8 Å². The van der Waals surface area contributed by atoms with E-state index in [4.69, 9.17) is 0 Å². The molecule has 1 N–H and O–H groups in total. The standard InChI is InChI=1S/C18H28N2O/c1-14(2)12-20(13-17-8-5-9-19-17)18(21)11-16-7-4-6-15(3)10-16/h4,6-7,10,14,17,19H,5,8-9,11-13H2,1-3H3. The minimum Gasteiger partial charge on any atom is -0.341 e. The molecule has 21 heavy (non-hydrogen) atoms. The molecule has 1 aromatic rings. The Bertz CT molecular complexity index is 464. The monoisotopic (exact) mass is 288 g/mol. The normalized spacial score (nSPS) is 18.2. The van der Waals surface area contributed by atoms with Gasteiger partial charge in [0.05, 0.1) is 6.42 Å². The second-order valence-corrected chi connectivity index (χ2v) is 6.65. The summed E-state index contributed by atoms with van der Waals surface area (Å²) in [6, 6.07) is 8.74. The van der Waals surface area contributed by atoms with Crippen LogP contribution < -0.4 is 5.32 Å². The van der Waals surface area contributed by atoms with Crippen molar-refractivity contribution in [1.29, 1.82) is 0 Å². The van der Waals surface area contributed by atoms with E-state index < -0.39 is 0 Å². The molecular formula is C18H28N2O. The fraction of sp³-hybridized carbons (Fsp3) is 0.611. The van der Waals surface area contributed by atoms with E-state index in [0.717, 1.165) is 25.2 Å². The molecule has 0 spiro atoms. The van der Waals surface area contributed by atoms with E-state index in [0.29, 0.717) is 18.4 Å². The van der Waals surface area contributed by atoms with Gasteiger partial charge in [0.25, 0.3) is 0 Å². The van der Waals surface area contributed by atoms with Crippen LogP contribution in [-0.4, -0.2) is 36.5 Å². The third kappa shape index (κ3) is 5.16. The number of carbonyl (C=O) groups excluding carboxylic acids is 1. The SMILES string of the molecule is Cc1cccc(CC(=O)N(CC(C)C)CC2CCCN2)c1. The molecule has 1 aromatic carbocycles. The van der Waals surface area contributed by atoms with Crippen molar-refractivity contribution in [3.05, 3.63) is 35.4 Å². The molecule has 0 aromatic heterocycles. The quantitative estimate of drug-likeness (QED) is 0.873. The Morgan fingerprint density at radius 3 is 2.86 bits per heavy atom. The van der Waals surface area contributed by atoms with Crippen molar-refractivity contribution in [3.63, 3.8) is 0 Å². The van der Waals surface area contributed by atoms with Gasteiger partial charge in [-0.15, -0.1) is 0 Å². The minimum atomic E-state index is 0.253. The summed E-state index contributed by atoms with van der Waals surface area (Å²) >= 11 is 0. The zero-order valence-electron chi connectivity index (χ0n) is 13.6. The zero-order chi connectivity index (χ0) is 15.2. The van der Waals surface area contributed by atoms with Crippen LogP contribution in [-0.2, 0) is 11.2 Å². The van der Waals surface area contributed by atoms with Crippen LogP contribution in [0.3, 0.4) is 0 Å². The average molecular weight is 288 g/mol. The van der Waals surface area contributed by atoms with Gasteiger partial charge < -0.3 is 10.2 Å². The smallest absolute Gasteiger partial charge is 0.227 e. The Kier molecular flexibility index (Phi) is 5.80. The van der Waals surface area contributed by atoms with Crippen molar-refractivity contribution in [1.82, 2.24) is 10.2 Å². The molecule has 0 saturated carbocycles. The van der Waals surface area contributed by atoms with Crippen LogP contribution in [0.4, 0.5) is 0 Å². The number of benzene rings is 1. The Morgan fingerprint density at radius 1 is 1.43 bits per heavy atom. The van der Waals surface area contributed by atoms with Crippen molar-refractivity contribution < 1.29 is 4.79 Å². The van der Waals surface area contributed by atoms with E-state index in [1.165, 1.54) is 18.4 Å². The van der Waals surface area contributed by atoms with Gasteiger partial charge in [-0.25, -0.2) is 0 Å². The summed E-state index contributed by atoms with van der Waals surface area (Å²) < 4.78 is 0. The van der Waals surface area contributed by atoms with E-state index >= 15 is 0 Å². The van der Waals surface area contributed by atoms with Crippen molar-refractivity contribution in [3.8, 4) is 0 Å². The van der Waals surface area contributed by atoms with Crippen molar-refractivity contribution in [2.24, 2.45) is 5.92 Å². The minimum absolute atomic E-state index is 0.253. The highest BCUT2D eigenvalue weighted by molar-refractivity contribution is 5.78. The van der Waals surface area contributed by atoms with Gasteiger partial charge in [-0.3, -0.25) is 4.79 Å². The van der Waals surface area contributed by atoms with Crippen molar-refractivity contribution in [2.75, 3.05) is 19.6 Å². The van der Waals surface area contributed by atoms with Crippen LogP contribution in [0.2, 0.25) is 0 Å². The van der Waals surface area contributed by atoms with Crippen LogP contribution in [0.25, 0.3) is 0 Å². The van der Waals surface area contributed by atoms with Gasteiger partial charge in [-0.1, -0.05) is 43.7 Å². The lowest BCUT2D eigenvalue weighted by Crippen LogP contribution is -2.43. The van der Waals surface area contributed by atoms with Gasteiger partial charge in [0.1, 0.15) is 0 Å². The first-order valence-electron chi connectivity index (χ1n) is 8.11. The van der Waals surface area contributed by atoms with Crippen LogP contribution in [0.5, 0.6) is 0 Å². The summed E-state index contributed by atoms with van der Waals surface area (Å²) in [4.78, 5) is 14.7. The molecule has 116 valence electrons. The molecular weight excluding hydrogens is 260 g/mol. The van der Waals surface area contributed by atoms with Gasteiger partial charge >= 0.3 is 0 Å². The summed E-state index contributed by atoms with van der Waals surface area (Å²) in [6.45, 7) is 9.21. The van der Waals surface area contributed by atoms with E-state index in [9.17, 15) is 4.79 Å². The van der Waals surface area contributed by atoms with Gasteiger partial charge in [0.15, 0.2) is 0 Å². The van der Waals surface area contributed by atoms with E-state index in [1.54, 1.807) is 0 Å². The predicted octanol–water partition coefficient (Wildman–Crippen LogP) is 2.77. The average Bonchev–Trinajstić information content (AvgIpc) is 2.90. The molecule has 1 heterocycles. The topological polar surface area (TPSA) is 32.3 Å². The van der Waals surface area contributed by atoms with Crippen LogP contribution >= 0.6 is 0 Å². The number of carbonyl (C=O) groups is 1. The molecule has 1 amide bonds. The van der Waals surface area contributed by atoms with E-state index in [2.05, 4.69) is 43.1 Å². The second-order valence-electron chi connectivity index (χ2n) is 6.65. The zero-order valence-corrected chi connectivity index (χ0v) is 13.6. The Balaban J connectivity index is 1.98. The molecule has 0 bridgehead atoms. The molecule has 3 nitrogen and oxygen atoms in total. The molecule has 1 atom stereocenters. The molecule has 1 aliphatic heterocycles. The maximum absolute atomic E-state index is 12.6. The summed E-state index contributed by atoms with van der Waals surface area (Å²) in [5.41, 5.74) is 2.33. The molecule has 1 fully saturated rings. The van der Waals surface area contributed by atoms with Crippen LogP contribution in [0.1, 0.15) is 37.8 Å². The first kappa shape index (κ1) is 16.0. The Hall–Kier alpha value is -1.35. The predicted molar refractivity (Wildman–Crippen MR) is 87.3 cm³/mol. The summed E-state index contributed by atoms with van der Waals surface area (Å²) in [7, 11) is 0. The highest BCUT2D eigenvalue weighted by atomic mass is 16.2. The lowest BCUT2D eigenvalue weighted by atomic mass is 10.1. The lowest BCUT2D eigenvalue weighted by Gasteiger charge is -2.27. The number of hydrogen-bond acceptors (Lipinski definition) is 2. The number of amides is 1.